The van der Waals surface area contributed by atoms with Crippen LogP contribution in [0.4, 0.5) is 13.2 Å². The molecule has 0 radical (unpaired) electrons. The van der Waals surface area contributed by atoms with Gasteiger partial charge in [-0.25, -0.2) is 4.98 Å². The highest BCUT2D eigenvalue weighted by molar-refractivity contribution is 7.11. The van der Waals surface area contributed by atoms with Crippen LogP contribution in [0.25, 0.3) is 0 Å². The van der Waals surface area contributed by atoms with Gasteiger partial charge in [0, 0.05) is 13.7 Å². The Bertz CT molecular complexity index is 429. The molecule has 1 atom stereocenters. The molecule has 0 aliphatic heterocycles. The Kier molecular flexibility index (Phi) is 4.47. The first kappa shape index (κ1) is 14.7. The molecule has 0 aromatic carbocycles. The minimum absolute atomic E-state index is 0.199. The third-order valence-corrected chi connectivity index (χ3v) is 4.18. The van der Waals surface area contributed by atoms with Crippen LogP contribution in [0, 0.1) is 5.92 Å². The molecule has 1 fully saturated rings. The molecule has 19 heavy (non-hydrogen) atoms. The number of hydrogen-bond acceptors (Lipinski definition) is 4. The van der Waals surface area contributed by atoms with Crippen molar-refractivity contribution in [1.82, 2.24) is 10.3 Å². The number of ether oxygens (including phenoxy) is 1. The molecule has 3 nitrogen and oxygen atoms in total. The van der Waals surface area contributed by atoms with Gasteiger partial charge in [0.25, 0.3) is 0 Å². The van der Waals surface area contributed by atoms with Crippen molar-refractivity contribution in [1.29, 1.82) is 0 Å². The summed E-state index contributed by atoms with van der Waals surface area (Å²) in [5.74, 6) is 0.323. The number of halogens is 3. The second-order valence-electron chi connectivity index (χ2n) is 4.60. The molecular formula is C12H17F3N2OS. The Labute approximate surface area is 114 Å². The number of rotatable bonds is 6. The Morgan fingerprint density at radius 3 is 2.63 bits per heavy atom. The lowest BCUT2D eigenvalue weighted by Crippen LogP contribution is -2.15. The van der Waals surface area contributed by atoms with Crippen LogP contribution in [0.1, 0.15) is 41.4 Å². The standard InChI is InChI=1S/C12H17F3N2OS/c1-3-16-6-8-10(12(13,14)15)17-11(19-8)9(18-2)7-4-5-7/h7,9,16H,3-6H2,1-2H3. The second-order valence-corrected chi connectivity index (χ2v) is 5.71. The maximum absolute atomic E-state index is 12.9. The van der Waals surface area contributed by atoms with Crippen molar-refractivity contribution < 1.29 is 17.9 Å². The van der Waals surface area contributed by atoms with E-state index in [0.717, 1.165) is 24.2 Å². The number of nitrogens with one attached hydrogen (secondary N) is 1. The zero-order valence-electron chi connectivity index (χ0n) is 10.9. The van der Waals surface area contributed by atoms with Crippen molar-refractivity contribution in [2.24, 2.45) is 5.92 Å². The molecule has 7 heteroatoms. The lowest BCUT2D eigenvalue weighted by atomic mass is 10.2. The molecule has 1 aliphatic carbocycles. The van der Waals surface area contributed by atoms with Gasteiger partial charge in [0.15, 0.2) is 5.69 Å². The number of thiazole rings is 1. The summed E-state index contributed by atoms with van der Waals surface area (Å²) >= 11 is 1.11. The largest absolute Gasteiger partial charge is 0.434 e. The van der Waals surface area contributed by atoms with Crippen molar-refractivity contribution in [2.75, 3.05) is 13.7 Å². The van der Waals surface area contributed by atoms with Gasteiger partial charge in [-0.2, -0.15) is 13.2 Å². The van der Waals surface area contributed by atoms with E-state index in [2.05, 4.69) is 10.3 Å². The van der Waals surface area contributed by atoms with Crippen molar-refractivity contribution >= 4 is 11.3 Å². The fourth-order valence-electron chi connectivity index (χ4n) is 1.97. The van der Waals surface area contributed by atoms with Crippen LogP contribution in [-0.2, 0) is 17.5 Å². The number of nitrogens with zero attached hydrogens (tertiary/aromatic N) is 1. The highest BCUT2D eigenvalue weighted by Gasteiger charge is 2.40. The fraction of sp³-hybridized carbons (Fsp3) is 0.750. The minimum atomic E-state index is -4.40. The molecule has 1 aromatic heterocycles. The first-order valence-electron chi connectivity index (χ1n) is 6.27. The molecule has 1 aromatic rings. The van der Waals surface area contributed by atoms with Gasteiger partial charge in [-0.1, -0.05) is 6.92 Å². The molecule has 0 bridgehead atoms. The van der Waals surface area contributed by atoms with Gasteiger partial charge in [0.2, 0.25) is 0 Å². The van der Waals surface area contributed by atoms with Gasteiger partial charge in [0.05, 0.1) is 4.88 Å². The Morgan fingerprint density at radius 1 is 1.47 bits per heavy atom. The van der Waals surface area contributed by atoms with Crippen LogP contribution in [0.2, 0.25) is 0 Å². The molecule has 0 spiro atoms. The van der Waals surface area contributed by atoms with E-state index in [4.69, 9.17) is 4.74 Å². The summed E-state index contributed by atoms with van der Waals surface area (Å²) in [6.45, 7) is 2.68. The van der Waals surface area contributed by atoms with Crippen molar-refractivity contribution in [2.45, 2.75) is 38.6 Å². The van der Waals surface area contributed by atoms with Crippen LogP contribution < -0.4 is 5.32 Å². The molecular weight excluding hydrogens is 277 g/mol. The maximum atomic E-state index is 12.9. The van der Waals surface area contributed by atoms with Gasteiger partial charge in [0.1, 0.15) is 11.1 Å². The second kappa shape index (κ2) is 5.76. The van der Waals surface area contributed by atoms with Crippen LogP contribution in [0.15, 0.2) is 0 Å². The lowest BCUT2D eigenvalue weighted by Gasteiger charge is -2.10. The highest BCUT2D eigenvalue weighted by Crippen LogP contribution is 2.45. The van der Waals surface area contributed by atoms with E-state index in [1.807, 2.05) is 6.92 Å². The van der Waals surface area contributed by atoms with Gasteiger partial charge < -0.3 is 10.1 Å². The van der Waals surface area contributed by atoms with Gasteiger partial charge in [-0.05, 0) is 25.3 Å². The Morgan fingerprint density at radius 2 is 2.16 bits per heavy atom. The predicted molar refractivity (Wildman–Crippen MR) is 67.0 cm³/mol. The van der Waals surface area contributed by atoms with Crippen LogP contribution >= 0.6 is 11.3 Å². The first-order chi connectivity index (χ1) is 8.97. The van der Waals surface area contributed by atoms with Crippen molar-refractivity contribution in [3.63, 3.8) is 0 Å². The van der Waals surface area contributed by atoms with Crippen LogP contribution in [-0.4, -0.2) is 18.6 Å². The van der Waals surface area contributed by atoms with E-state index in [0.29, 0.717) is 17.5 Å². The van der Waals surface area contributed by atoms with Crippen LogP contribution in [0.5, 0.6) is 0 Å². The average molecular weight is 294 g/mol. The molecule has 0 amide bonds. The SMILES string of the molecule is CCNCc1sc(C(OC)C2CC2)nc1C(F)(F)F. The molecule has 2 rings (SSSR count). The summed E-state index contributed by atoms with van der Waals surface area (Å²) in [5.41, 5.74) is -0.767. The van der Waals surface area contributed by atoms with E-state index in [1.54, 1.807) is 0 Å². The lowest BCUT2D eigenvalue weighted by molar-refractivity contribution is -0.141. The number of alkyl halides is 3. The zero-order valence-corrected chi connectivity index (χ0v) is 11.7. The van der Waals surface area contributed by atoms with Crippen LogP contribution in [0.3, 0.4) is 0 Å². The van der Waals surface area contributed by atoms with Crippen molar-refractivity contribution in [3.8, 4) is 0 Å². The smallest absolute Gasteiger partial charge is 0.374 e. The highest BCUT2D eigenvalue weighted by atomic mass is 32.1. The minimum Gasteiger partial charge on any atom is -0.374 e. The quantitative estimate of drug-likeness (QED) is 0.873. The molecule has 0 saturated heterocycles. The summed E-state index contributed by atoms with van der Waals surface area (Å²) < 4.78 is 44.2. The summed E-state index contributed by atoms with van der Waals surface area (Å²) in [7, 11) is 1.53. The topological polar surface area (TPSA) is 34.1 Å². The van der Waals surface area contributed by atoms with E-state index in [9.17, 15) is 13.2 Å². The number of aromatic nitrogens is 1. The number of methoxy groups -OCH3 is 1. The Hall–Kier alpha value is -0.660. The van der Waals surface area contributed by atoms with Gasteiger partial charge in [-0.3, -0.25) is 0 Å². The molecule has 1 unspecified atom stereocenters. The van der Waals surface area contributed by atoms with Gasteiger partial charge >= 0.3 is 6.18 Å². The van der Waals surface area contributed by atoms with E-state index in [-0.39, 0.29) is 17.5 Å². The molecule has 1 N–H and O–H groups in total. The summed E-state index contributed by atoms with van der Waals surface area (Å²) in [4.78, 5) is 4.04. The summed E-state index contributed by atoms with van der Waals surface area (Å²) in [6, 6.07) is 0. The molecule has 1 heterocycles. The summed E-state index contributed by atoms with van der Waals surface area (Å²) in [6.07, 6.45) is -2.69. The zero-order chi connectivity index (χ0) is 14.0. The average Bonchev–Trinajstić information content (AvgIpc) is 3.06. The first-order valence-corrected chi connectivity index (χ1v) is 7.09. The molecule has 1 aliphatic rings. The maximum Gasteiger partial charge on any atom is 0.434 e. The van der Waals surface area contributed by atoms with E-state index < -0.39 is 11.9 Å². The Balaban J connectivity index is 2.27. The van der Waals surface area contributed by atoms with Crippen molar-refractivity contribution in [3.05, 3.63) is 15.6 Å². The molecule has 1 saturated carbocycles. The third kappa shape index (κ3) is 3.46. The predicted octanol–water partition coefficient (Wildman–Crippen LogP) is 3.37. The van der Waals surface area contributed by atoms with Gasteiger partial charge in [-0.15, -0.1) is 11.3 Å². The third-order valence-electron chi connectivity index (χ3n) is 3.07. The van der Waals surface area contributed by atoms with E-state index >= 15 is 0 Å². The monoisotopic (exact) mass is 294 g/mol. The summed E-state index contributed by atoms with van der Waals surface area (Å²) in [5, 5.41) is 3.37. The fourth-order valence-corrected chi connectivity index (χ4v) is 3.19. The van der Waals surface area contributed by atoms with E-state index in [1.165, 1.54) is 7.11 Å². The molecule has 108 valence electrons. The normalized spacial score (nSPS) is 17.7. The number of hydrogen-bond donors (Lipinski definition) is 1.